The number of nitrogens with zero attached hydrogens (tertiary/aromatic N) is 1. The van der Waals surface area contributed by atoms with Gasteiger partial charge in [0.25, 0.3) is 11.8 Å². The number of rotatable bonds is 13. The van der Waals surface area contributed by atoms with Crippen LogP contribution >= 0.6 is 0 Å². The van der Waals surface area contributed by atoms with Crippen molar-refractivity contribution in [2.24, 2.45) is 0 Å². The Kier molecular flexibility index (Phi) is 10.5. The van der Waals surface area contributed by atoms with E-state index in [2.05, 4.69) is 5.32 Å². The summed E-state index contributed by atoms with van der Waals surface area (Å²) in [5, 5.41) is 12.4. The molecule has 0 saturated carbocycles. The Balaban J connectivity index is 1.63. The van der Waals surface area contributed by atoms with Gasteiger partial charge in [0, 0.05) is 30.8 Å². The van der Waals surface area contributed by atoms with Gasteiger partial charge in [-0.2, -0.15) is 0 Å². The number of methoxy groups -OCH3 is 2. The number of hydrogen-bond donors (Lipinski definition) is 2. The van der Waals surface area contributed by atoms with E-state index >= 15 is 0 Å². The van der Waals surface area contributed by atoms with Crippen molar-refractivity contribution in [2.75, 3.05) is 27.3 Å². The van der Waals surface area contributed by atoms with Gasteiger partial charge in [0.2, 0.25) is 0 Å². The van der Waals surface area contributed by atoms with Gasteiger partial charge in [0.05, 0.1) is 20.6 Å². The molecule has 0 atom stereocenters. The lowest BCUT2D eigenvalue weighted by Gasteiger charge is -2.24. The van der Waals surface area contributed by atoms with Gasteiger partial charge in [-0.25, -0.2) is 0 Å². The molecule has 8 heteroatoms. The predicted molar refractivity (Wildman–Crippen MR) is 166 cm³/mol. The summed E-state index contributed by atoms with van der Waals surface area (Å²) in [6.07, 6.45) is 0.215. The number of ether oxygens (including phenoxy) is 2. The second-order valence-corrected chi connectivity index (χ2v) is 10.0. The number of carbonyl (C=O) groups excluding carboxylic acids is 2. The van der Waals surface area contributed by atoms with Gasteiger partial charge in [-0.3, -0.25) is 14.4 Å². The fourth-order valence-corrected chi connectivity index (χ4v) is 5.02. The summed E-state index contributed by atoms with van der Waals surface area (Å²) < 4.78 is 11.0. The Morgan fingerprint density at radius 2 is 1.37 bits per heavy atom. The number of carboxylic acids is 1. The Bertz CT molecular complexity index is 1600. The Labute approximate surface area is 251 Å². The third-order valence-corrected chi connectivity index (χ3v) is 7.34. The van der Waals surface area contributed by atoms with Gasteiger partial charge >= 0.3 is 5.97 Å². The minimum absolute atomic E-state index is 0.0212. The summed E-state index contributed by atoms with van der Waals surface area (Å²) >= 11 is 0. The van der Waals surface area contributed by atoms with E-state index in [0.29, 0.717) is 46.7 Å². The predicted octanol–water partition coefficient (Wildman–Crippen LogP) is 5.77. The molecular formula is C35H36N2O6. The molecule has 0 aromatic heterocycles. The molecule has 0 heterocycles. The molecule has 4 rings (SSSR count). The smallest absolute Gasteiger partial charge is 0.305 e. The first kappa shape index (κ1) is 30.8. The summed E-state index contributed by atoms with van der Waals surface area (Å²) in [6.45, 7) is 2.64. The SMILES string of the molecule is COc1cccc(CCN(CCC(=O)O)C(=O)c2ccccc2-c2ccccc2C(=O)NCc2ccccc2C)c1OC. The molecule has 0 saturated heterocycles. The molecular weight excluding hydrogens is 544 g/mol. The summed E-state index contributed by atoms with van der Waals surface area (Å²) in [7, 11) is 3.11. The molecule has 2 amide bonds. The molecule has 222 valence electrons. The molecule has 8 nitrogen and oxygen atoms in total. The van der Waals surface area contributed by atoms with Crippen LogP contribution in [0.4, 0.5) is 0 Å². The molecule has 4 aromatic rings. The van der Waals surface area contributed by atoms with Gasteiger partial charge in [-0.05, 0) is 59.4 Å². The second-order valence-electron chi connectivity index (χ2n) is 10.0. The number of carbonyl (C=O) groups is 3. The summed E-state index contributed by atoms with van der Waals surface area (Å²) in [6, 6.07) is 27.6. The maximum Gasteiger partial charge on any atom is 0.305 e. The molecule has 0 radical (unpaired) electrons. The number of aryl methyl sites for hydroxylation is 1. The molecule has 0 spiro atoms. The number of aliphatic carboxylic acids is 1. The molecule has 43 heavy (non-hydrogen) atoms. The molecule has 2 N–H and O–H groups in total. The van der Waals surface area contributed by atoms with Crippen LogP contribution in [0.25, 0.3) is 11.1 Å². The third kappa shape index (κ3) is 7.60. The van der Waals surface area contributed by atoms with Gasteiger partial charge < -0.3 is 24.8 Å². The van der Waals surface area contributed by atoms with Crippen LogP contribution in [-0.2, 0) is 17.8 Å². The first-order valence-corrected chi connectivity index (χ1v) is 14.1. The molecule has 0 aliphatic heterocycles. The molecule has 0 bridgehead atoms. The monoisotopic (exact) mass is 580 g/mol. The highest BCUT2D eigenvalue weighted by Gasteiger charge is 2.23. The molecule has 0 unspecified atom stereocenters. The van der Waals surface area contributed by atoms with Crippen LogP contribution in [0.3, 0.4) is 0 Å². The maximum atomic E-state index is 14.1. The van der Waals surface area contributed by atoms with Crippen LogP contribution in [0.2, 0.25) is 0 Å². The first-order chi connectivity index (χ1) is 20.8. The van der Waals surface area contributed by atoms with Gasteiger partial charge in [-0.1, -0.05) is 72.8 Å². The molecule has 0 aliphatic rings. The van der Waals surface area contributed by atoms with Gasteiger partial charge in [-0.15, -0.1) is 0 Å². The normalized spacial score (nSPS) is 10.6. The van der Waals surface area contributed by atoms with Crippen LogP contribution in [0.5, 0.6) is 11.5 Å². The van der Waals surface area contributed by atoms with Crippen molar-refractivity contribution in [3.8, 4) is 22.6 Å². The fraction of sp³-hybridized carbons (Fsp3) is 0.229. The summed E-state index contributed by atoms with van der Waals surface area (Å²) in [4.78, 5) is 40.5. The maximum absolute atomic E-state index is 14.1. The van der Waals surface area contributed by atoms with Crippen LogP contribution in [0, 0.1) is 6.92 Å². The zero-order chi connectivity index (χ0) is 30.8. The number of amides is 2. The number of para-hydroxylation sites is 1. The lowest BCUT2D eigenvalue weighted by atomic mass is 9.94. The van der Waals surface area contributed by atoms with Gasteiger partial charge in [0.15, 0.2) is 11.5 Å². The van der Waals surface area contributed by atoms with Crippen molar-refractivity contribution in [1.82, 2.24) is 10.2 Å². The zero-order valence-corrected chi connectivity index (χ0v) is 24.6. The number of benzene rings is 4. The quantitative estimate of drug-likeness (QED) is 0.208. The first-order valence-electron chi connectivity index (χ1n) is 14.1. The standard InChI is InChI=1S/C35H36N2O6/c1-24-11-4-5-12-26(24)23-36-34(40)29-16-8-6-14-27(29)28-15-7-9-17-30(28)35(41)37(22-20-32(38)39)21-19-25-13-10-18-31(42-2)33(25)43-3/h4-18H,19-23H2,1-3H3,(H,36,40)(H,38,39). The van der Waals surface area contributed by atoms with E-state index in [1.165, 1.54) is 4.90 Å². The van der Waals surface area contributed by atoms with Crippen molar-refractivity contribution in [3.63, 3.8) is 0 Å². The fourth-order valence-electron chi connectivity index (χ4n) is 5.02. The lowest BCUT2D eigenvalue weighted by molar-refractivity contribution is -0.137. The topological polar surface area (TPSA) is 105 Å². The van der Waals surface area contributed by atoms with E-state index < -0.39 is 5.97 Å². The number of nitrogens with one attached hydrogen (secondary N) is 1. The van der Waals surface area contributed by atoms with Crippen molar-refractivity contribution < 1.29 is 29.0 Å². The van der Waals surface area contributed by atoms with Crippen molar-refractivity contribution in [3.05, 3.63) is 119 Å². The second kappa shape index (κ2) is 14.7. The van der Waals surface area contributed by atoms with E-state index in [1.54, 1.807) is 50.6 Å². The lowest BCUT2D eigenvalue weighted by Crippen LogP contribution is -2.35. The Morgan fingerprint density at radius 3 is 2.05 bits per heavy atom. The average Bonchev–Trinajstić information content (AvgIpc) is 3.03. The molecule has 0 fully saturated rings. The number of hydrogen-bond acceptors (Lipinski definition) is 5. The van der Waals surface area contributed by atoms with E-state index in [0.717, 1.165) is 16.7 Å². The summed E-state index contributed by atoms with van der Waals surface area (Å²) in [5.41, 5.74) is 4.96. The third-order valence-electron chi connectivity index (χ3n) is 7.34. The Hall–Kier alpha value is -5.11. The van der Waals surface area contributed by atoms with Crippen LogP contribution in [0.1, 0.15) is 43.8 Å². The number of carboxylic acid groups (broad SMARTS) is 1. The largest absolute Gasteiger partial charge is 0.493 e. The van der Waals surface area contributed by atoms with Crippen molar-refractivity contribution in [1.29, 1.82) is 0 Å². The average molecular weight is 581 g/mol. The van der Waals surface area contributed by atoms with E-state index in [9.17, 15) is 19.5 Å². The van der Waals surface area contributed by atoms with E-state index in [-0.39, 0.29) is 31.3 Å². The van der Waals surface area contributed by atoms with Crippen LogP contribution in [-0.4, -0.2) is 55.1 Å². The molecule has 4 aromatic carbocycles. The van der Waals surface area contributed by atoms with E-state index in [4.69, 9.17) is 9.47 Å². The van der Waals surface area contributed by atoms with Crippen LogP contribution in [0.15, 0.2) is 91.0 Å². The highest BCUT2D eigenvalue weighted by Crippen LogP contribution is 2.32. The highest BCUT2D eigenvalue weighted by molar-refractivity contribution is 6.06. The Morgan fingerprint density at radius 1 is 0.744 bits per heavy atom. The molecule has 0 aliphatic carbocycles. The van der Waals surface area contributed by atoms with Crippen molar-refractivity contribution >= 4 is 17.8 Å². The van der Waals surface area contributed by atoms with E-state index in [1.807, 2.05) is 61.5 Å². The summed E-state index contributed by atoms with van der Waals surface area (Å²) in [5.74, 6) is -0.434. The zero-order valence-electron chi connectivity index (χ0n) is 24.6. The minimum atomic E-state index is -0.999. The highest BCUT2D eigenvalue weighted by atomic mass is 16.5. The van der Waals surface area contributed by atoms with Crippen LogP contribution < -0.4 is 14.8 Å². The van der Waals surface area contributed by atoms with Crippen molar-refractivity contribution in [2.45, 2.75) is 26.3 Å². The minimum Gasteiger partial charge on any atom is -0.493 e. The van der Waals surface area contributed by atoms with Gasteiger partial charge in [0.1, 0.15) is 0 Å².